The molecule has 0 aromatic heterocycles. The van der Waals surface area contributed by atoms with E-state index in [1.54, 1.807) is 0 Å². The maximum Gasteiger partial charge on any atom is 0.255 e. The molecule has 0 atom stereocenters. The minimum atomic E-state index is -0.210. The van der Waals surface area contributed by atoms with Crippen molar-refractivity contribution in [2.75, 3.05) is 23.3 Å². The molecule has 0 aliphatic carbocycles. The number of rotatable bonds is 3. The summed E-state index contributed by atoms with van der Waals surface area (Å²) in [6.45, 7) is 5.55. The molecule has 0 spiro atoms. The Kier molecular flexibility index (Phi) is 4.86. The van der Waals surface area contributed by atoms with Crippen LogP contribution in [-0.4, -0.2) is 30.2 Å². The number of nitrogens with zero attached hydrogens (tertiary/aromatic N) is 1. The van der Waals surface area contributed by atoms with Gasteiger partial charge in [-0.3, -0.25) is 4.79 Å². The van der Waals surface area contributed by atoms with Gasteiger partial charge >= 0.3 is 0 Å². The first-order valence-electron chi connectivity index (χ1n) is 8.45. The lowest BCUT2D eigenvalue weighted by molar-refractivity contribution is 0.102. The number of piperidine rings is 1. The van der Waals surface area contributed by atoms with Crippen molar-refractivity contribution >= 4 is 17.3 Å². The van der Waals surface area contributed by atoms with Crippen LogP contribution in [0.15, 0.2) is 42.5 Å². The Morgan fingerprint density at radius 1 is 1.12 bits per heavy atom. The summed E-state index contributed by atoms with van der Waals surface area (Å²) >= 11 is 0. The summed E-state index contributed by atoms with van der Waals surface area (Å²) in [7, 11) is 0. The van der Waals surface area contributed by atoms with E-state index < -0.39 is 0 Å². The van der Waals surface area contributed by atoms with E-state index in [0.717, 1.165) is 48.4 Å². The van der Waals surface area contributed by atoms with Crippen LogP contribution in [0.4, 0.5) is 11.4 Å². The molecule has 1 aliphatic rings. The Labute approximate surface area is 143 Å². The molecule has 1 saturated heterocycles. The summed E-state index contributed by atoms with van der Waals surface area (Å²) < 4.78 is 0. The van der Waals surface area contributed by atoms with Gasteiger partial charge < -0.3 is 15.3 Å². The number of hydrogen-bond donors (Lipinski definition) is 2. The average molecular weight is 324 g/mol. The fraction of sp³-hybridized carbons (Fsp3) is 0.350. The van der Waals surface area contributed by atoms with E-state index in [2.05, 4.69) is 10.2 Å². The Hall–Kier alpha value is -2.33. The highest BCUT2D eigenvalue weighted by Crippen LogP contribution is 2.29. The maximum atomic E-state index is 12.7. The van der Waals surface area contributed by atoms with Crippen molar-refractivity contribution in [1.29, 1.82) is 0 Å². The molecule has 0 unspecified atom stereocenters. The molecule has 126 valence electrons. The van der Waals surface area contributed by atoms with Gasteiger partial charge in [-0.2, -0.15) is 0 Å². The van der Waals surface area contributed by atoms with E-state index in [1.165, 1.54) is 0 Å². The number of aliphatic hydroxyl groups excluding tert-OH is 1. The van der Waals surface area contributed by atoms with E-state index in [1.807, 2.05) is 56.3 Å². The van der Waals surface area contributed by atoms with Gasteiger partial charge in [0.05, 0.1) is 17.5 Å². The molecule has 2 N–H and O–H groups in total. The van der Waals surface area contributed by atoms with E-state index in [0.29, 0.717) is 5.56 Å². The summed E-state index contributed by atoms with van der Waals surface area (Å²) in [5, 5.41) is 12.8. The molecular weight excluding hydrogens is 300 g/mol. The minimum absolute atomic E-state index is 0.0827. The highest BCUT2D eigenvalue weighted by Gasteiger charge is 2.20. The smallest absolute Gasteiger partial charge is 0.255 e. The van der Waals surface area contributed by atoms with Crippen LogP contribution in [0.5, 0.6) is 0 Å². The quantitative estimate of drug-likeness (QED) is 0.908. The lowest BCUT2D eigenvalue weighted by Crippen LogP contribution is -2.36. The molecule has 0 radical (unpaired) electrons. The second kappa shape index (κ2) is 7.05. The van der Waals surface area contributed by atoms with Crippen LogP contribution >= 0.6 is 0 Å². The number of carbonyl (C=O) groups excluding carboxylic acids is 1. The zero-order valence-corrected chi connectivity index (χ0v) is 14.2. The van der Waals surface area contributed by atoms with Crippen LogP contribution in [0.25, 0.3) is 0 Å². The molecule has 4 heteroatoms. The first-order valence-corrected chi connectivity index (χ1v) is 8.45. The Bertz CT molecular complexity index is 734. The molecular formula is C20H24N2O2. The predicted molar refractivity (Wildman–Crippen MR) is 97.8 cm³/mol. The number of para-hydroxylation sites is 2. The highest BCUT2D eigenvalue weighted by molar-refractivity contribution is 6.07. The highest BCUT2D eigenvalue weighted by atomic mass is 16.3. The summed E-state index contributed by atoms with van der Waals surface area (Å²) in [5.74, 6) is -0.0827. The van der Waals surface area contributed by atoms with Gasteiger partial charge in [0.25, 0.3) is 5.91 Å². The van der Waals surface area contributed by atoms with Crippen molar-refractivity contribution in [2.24, 2.45) is 0 Å². The van der Waals surface area contributed by atoms with Gasteiger partial charge in [0.2, 0.25) is 0 Å². The molecule has 4 nitrogen and oxygen atoms in total. The van der Waals surface area contributed by atoms with Gasteiger partial charge in [0.15, 0.2) is 0 Å². The van der Waals surface area contributed by atoms with Gasteiger partial charge in [0, 0.05) is 18.7 Å². The number of aliphatic hydroxyl groups is 1. The van der Waals surface area contributed by atoms with Crippen LogP contribution < -0.4 is 10.2 Å². The average Bonchev–Trinajstić information content (AvgIpc) is 2.58. The van der Waals surface area contributed by atoms with Gasteiger partial charge in [0.1, 0.15) is 0 Å². The zero-order chi connectivity index (χ0) is 17.1. The topological polar surface area (TPSA) is 52.6 Å². The number of nitrogens with one attached hydrogen (secondary N) is 1. The van der Waals surface area contributed by atoms with Crippen molar-refractivity contribution in [1.82, 2.24) is 0 Å². The third-order valence-corrected chi connectivity index (χ3v) is 4.60. The van der Waals surface area contributed by atoms with Crippen LogP contribution in [0.1, 0.15) is 34.3 Å². The third kappa shape index (κ3) is 3.60. The van der Waals surface area contributed by atoms with Crippen molar-refractivity contribution < 1.29 is 9.90 Å². The van der Waals surface area contributed by atoms with Crippen LogP contribution in [-0.2, 0) is 0 Å². The number of amides is 1. The zero-order valence-electron chi connectivity index (χ0n) is 14.2. The first-order chi connectivity index (χ1) is 11.5. The van der Waals surface area contributed by atoms with Gasteiger partial charge in [-0.1, -0.05) is 29.8 Å². The predicted octanol–water partition coefficient (Wildman–Crippen LogP) is 3.52. The monoisotopic (exact) mass is 324 g/mol. The second-order valence-corrected chi connectivity index (χ2v) is 6.51. The van der Waals surface area contributed by atoms with Crippen LogP contribution in [0.3, 0.4) is 0 Å². The fourth-order valence-electron chi connectivity index (χ4n) is 3.13. The second-order valence-electron chi connectivity index (χ2n) is 6.51. The number of aryl methyl sites for hydroxylation is 2. The fourth-order valence-corrected chi connectivity index (χ4v) is 3.13. The first kappa shape index (κ1) is 16.5. The number of anilines is 2. The summed E-state index contributed by atoms with van der Waals surface area (Å²) in [6.07, 6.45) is 1.32. The van der Waals surface area contributed by atoms with Gasteiger partial charge in [-0.15, -0.1) is 0 Å². The molecule has 0 saturated carbocycles. The SMILES string of the molecule is Cc1ccc(C)c(C(=O)Nc2ccccc2N2CCC(O)CC2)c1. The summed E-state index contributed by atoms with van der Waals surface area (Å²) in [4.78, 5) is 14.9. The third-order valence-electron chi connectivity index (χ3n) is 4.60. The van der Waals surface area contributed by atoms with Crippen molar-refractivity contribution in [3.8, 4) is 0 Å². The molecule has 1 aliphatic heterocycles. The number of benzene rings is 2. The molecule has 24 heavy (non-hydrogen) atoms. The molecule has 1 fully saturated rings. The molecule has 2 aromatic carbocycles. The molecule has 0 bridgehead atoms. The Morgan fingerprint density at radius 2 is 1.83 bits per heavy atom. The van der Waals surface area contributed by atoms with Crippen molar-refractivity contribution in [2.45, 2.75) is 32.8 Å². The lowest BCUT2D eigenvalue weighted by Gasteiger charge is -2.32. The van der Waals surface area contributed by atoms with E-state index in [4.69, 9.17) is 0 Å². The Morgan fingerprint density at radius 3 is 2.58 bits per heavy atom. The van der Waals surface area contributed by atoms with Crippen molar-refractivity contribution in [3.63, 3.8) is 0 Å². The summed E-state index contributed by atoms with van der Waals surface area (Å²) in [6, 6.07) is 13.8. The van der Waals surface area contributed by atoms with E-state index in [-0.39, 0.29) is 12.0 Å². The molecule has 2 aromatic rings. The Balaban J connectivity index is 1.82. The largest absolute Gasteiger partial charge is 0.393 e. The standard InChI is InChI=1S/C20H24N2O2/c1-14-7-8-15(2)17(13-14)20(24)21-18-5-3-4-6-19(18)22-11-9-16(23)10-12-22/h3-8,13,16,23H,9-12H2,1-2H3,(H,21,24). The number of carbonyl (C=O) groups is 1. The molecule has 1 heterocycles. The van der Waals surface area contributed by atoms with E-state index >= 15 is 0 Å². The molecule has 3 rings (SSSR count). The van der Waals surface area contributed by atoms with Crippen LogP contribution in [0.2, 0.25) is 0 Å². The van der Waals surface area contributed by atoms with Gasteiger partial charge in [-0.25, -0.2) is 0 Å². The van der Waals surface area contributed by atoms with Crippen LogP contribution in [0, 0.1) is 13.8 Å². The van der Waals surface area contributed by atoms with Gasteiger partial charge in [-0.05, 0) is 50.5 Å². The number of hydrogen-bond acceptors (Lipinski definition) is 3. The minimum Gasteiger partial charge on any atom is -0.393 e. The van der Waals surface area contributed by atoms with E-state index in [9.17, 15) is 9.90 Å². The summed E-state index contributed by atoms with van der Waals surface area (Å²) in [5.41, 5.74) is 4.59. The lowest BCUT2D eigenvalue weighted by atomic mass is 10.0. The van der Waals surface area contributed by atoms with Crippen molar-refractivity contribution in [3.05, 3.63) is 59.2 Å². The normalized spacial score (nSPS) is 15.4. The molecule has 1 amide bonds. The maximum absolute atomic E-state index is 12.7.